The van der Waals surface area contributed by atoms with Crippen molar-refractivity contribution in [2.75, 3.05) is 26.2 Å². The van der Waals surface area contributed by atoms with Gasteiger partial charge in [-0.3, -0.25) is 4.79 Å². The van der Waals surface area contributed by atoms with E-state index in [-0.39, 0.29) is 10.5 Å². The highest BCUT2D eigenvalue weighted by Gasteiger charge is 2.26. The first kappa shape index (κ1) is 14.4. The third kappa shape index (κ3) is 3.14. The summed E-state index contributed by atoms with van der Waals surface area (Å²) in [6.45, 7) is 2.08. The van der Waals surface area contributed by atoms with Crippen LogP contribution in [0.4, 0.5) is 0 Å². The van der Waals surface area contributed by atoms with Gasteiger partial charge in [0.25, 0.3) is 0 Å². The van der Waals surface area contributed by atoms with Gasteiger partial charge in [0, 0.05) is 36.2 Å². The molecule has 104 valence electrons. The van der Waals surface area contributed by atoms with Gasteiger partial charge >= 0.3 is 0 Å². The van der Waals surface area contributed by atoms with Gasteiger partial charge in [0.05, 0.1) is 4.90 Å². The minimum absolute atomic E-state index is 0.0811. The van der Waals surface area contributed by atoms with Crippen molar-refractivity contribution in [1.29, 1.82) is 0 Å². The molecule has 6 nitrogen and oxygen atoms in total. The van der Waals surface area contributed by atoms with Crippen molar-refractivity contribution in [3.8, 4) is 0 Å². The summed E-state index contributed by atoms with van der Waals surface area (Å²) >= 11 is 3.19. The topological polar surface area (TPSA) is 92.5 Å². The van der Waals surface area contributed by atoms with Crippen LogP contribution in [0, 0.1) is 0 Å². The van der Waals surface area contributed by atoms with Crippen LogP contribution in [0.15, 0.2) is 27.6 Å². The van der Waals surface area contributed by atoms with Crippen molar-refractivity contribution in [2.45, 2.75) is 4.90 Å². The van der Waals surface area contributed by atoms with Crippen molar-refractivity contribution < 1.29 is 13.2 Å². The van der Waals surface area contributed by atoms with E-state index < -0.39 is 15.9 Å². The van der Waals surface area contributed by atoms with Crippen molar-refractivity contribution in [3.05, 3.63) is 28.2 Å². The van der Waals surface area contributed by atoms with Crippen LogP contribution in [0.3, 0.4) is 0 Å². The molecule has 0 aliphatic carbocycles. The Labute approximate surface area is 120 Å². The molecule has 19 heavy (non-hydrogen) atoms. The largest absolute Gasteiger partial charge is 0.366 e. The monoisotopic (exact) mass is 347 g/mol. The van der Waals surface area contributed by atoms with E-state index in [0.29, 0.717) is 30.7 Å². The fourth-order valence-electron chi connectivity index (χ4n) is 1.89. The summed E-state index contributed by atoms with van der Waals surface area (Å²) in [6.07, 6.45) is 0. The van der Waals surface area contributed by atoms with Crippen LogP contribution >= 0.6 is 15.9 Å². The number of primary amides is 1. The highest BCUT2D eigenvalue weighted by Crippen LogP contribution is 2.22. The Kier molecular flexibility index (Phi) is 4.24. The Morgan fingerprint density at radius 3 is 2.47 bits per heavy atom. The first-order chi connectivity index (χ1) is 8.91. The normalized spacial score (nSPS) is 17.3. The molecule has 1 aliphatic rings. The number of sulfonamides is 1. The number of hydrogen-bond acceptors (Lipinski definition) is 4. The molecule has 0 spiro atoms. The maximum absolute atomic E-state index is 12.4. The van der Waals surface area contributed by atoms with Gasteiger partial charge in [-0.25, -0.2) is 8.42 Å². The van der Waals surface area contributed by atoms with Crippen molar-refractivity contribution >= 4 is 31.9 Å². The molecule has 0 atom stereocenters. The number of benzene rings is 1. The molecule has 1 aromatic rings. The molecule has 0 bridgehead atoms. The van der Waals surface area contributed by atoms with Crippen molar-refractivity contribution in [1.82, 2.24) is 9.62 Å². The van der Waals surface area contributed by atoms with E-state index in [1.807, 2.05) is 0 Å². The summed E-state index contributed by atoms with van der Waals surface area (Å²) in [5.41, 5.74) is 5.36. The number of hydrogen-bond donors (Lipinski definition) is 2. The van der Waals surface area contributed by atoms with Crippen molar-refractivity contribution in [2.24, 2.45) is 5.73 Å². The third-order valence-corrected chi connectivity index (χ3v) is 5.20. The van der Waals surface area contributed by atoms with E-state index in [2.05, 4.69) is 21.2 Å². The van der Waals surface area contributed by atoms with E-state index in [9.17, 15) is 13.2 Å². The molecule has 0 saturated carbocycles. The van der Waals surface area contributed by atoms with Crippen LogP contribution < -0.4 is 11.1 Å². The Morgan fingerprint density at radius 1 is 1.26 bits per heavy atom. The van der Waals surface area contributed by atoms with Gasteiger partial charge in [-0.15, -0.1) is 0 Å². The third-order valence-electron chi connectivity index (χ3n) is 2.87. The highest BCUT2D eigenvalue weighted by molar-refractivity contribution is 9.10. The average Bonchev–Trinajstić information content (AvgIpc) is 2.39. The molecule has 8 heteroatoms. The second-order valence-electron chi connectivity index (χ2n) is 4.19. The van der Waals surface area contributed by atoms with Crippen LogP contribution in [0.25, 0.3) is 0 Å². The molecule has 2 rings (SSSR count). The summed E-state index contributed by atoms with van der Waals surface area (Å²) in [5.74, 6) is -0.655. The standard InChI is InChI=1S/C11H14BrN3O3S/c12-9-5-8(11(13)16)6-10(7-9)19(17,18)15-3-1-14-2-4-15/h5-7,14H,1-4H2,(H2,13,16). The summed E-state index contributed by atoms with van der Waals surface area (Å²) in [5, 5.41) is 3.09. The van der Waals surface area contributed by atoms with Gasteiger partial charge in [-0.1, -0.05) is 15.9 Å². The quantitative estimate of drug-likeness (QED) is 0.813. The lowest BCUT2D eigenvalue weighted by molar-refractivity contribution is 0.1000. The Balaban J connectivity index is 2.42. The van der Waals surface area contributed by atoms with Crippen molar-refractivity contribution in [3.63, 3.8) is 0 Å². The van der Waals surface area contributed by atoms with E-state index in [1.54, 1.807) is 0 Å². The maximum Gasteiger partial charge on any atom is 0.248 e. The van der Waals surface area contributed by atoms with Gasteiger partial charge < -0.3 is 11.1 Å². The van der Waals surface area contributed by atoms with E-state index in [1.165, 1.54) is 22.5 Å². The molecule has 3 N–H and O–H groups in total. The van der Waals surface area contributed by atoms with Crippen LogP contribution in [0.1, 0.15) is 10.4 Å². The second-order valence-corrected chi connectivity index (χ2v) is 7.05. The number of halogens is 1. The molecule has 1 fully saturated rings. The molecule has 0 aromatic heterocycles. The van der Waals surface area contributed by atoms with Gasteiger partial charge in [0.15, 0.2) is 0 Å². The van der Waals surface area contributed by atoms with Gasteiger partial charge in [-0.2, -0.15) is 4.31 Å². The number of nitrogens with one attached hydrogen (secondary N) is 1. The summed E-state index contributed by atoms with van der Waals surface area (Å²) < 4.78 is 26.8. The van der Waals surface area contributed by atoms with Crippen LogP contribution in [0.5, 0.6) is 0 Å². The Morgan fingerprint density at radius 2 is 1.89 bits per heavy atom. The molecule has 1 aliphatic heterocycles. The zero-order valence-corrected chi connectivity index (χ0v) is 12.5. The lowest BCUT2D eigenvalue weighted by Crippen LogP contribution is -2.46. The highest BCUT2D eigenvalue weighted by atomic mass is 79.9. The predicted molar refractivity (Wildman–Crippen MR) is 74.3 cm³/mol. The lowest BCUT2D eigenvalue weighted by Gasteiger charge is -2.26. The van der Waals surface area contributed by atoms with Gasteiger partial charge in [0.2, 0.25) is 15.9 Å². The van der Waals surface area contributed by atoms with Gasteiger partial charge in [0.1, 0.15) is 0 Å². The van der Waals surface area contributed by atoms with Crippen LogP contribution in [-0.2, 0) is 10.0 Å². The molecule has 1 saturated heterocycles. The average molecular weight is 348 g/mol. The fourth-order valence-corrected chi connectivity index (χ4v) is 4.05. The van der Waals surface area contributed by atoms with Crippen LogP contribution in [0.2, 0.25) is 0 Å². The number of nitrogens with zero attached hydrogens (tertiary/aromatic N) is 1. The zero-order valence-electron chi connectivity index (χ0n) is 10.1. The molecule has 1 heterocycles. The molecule has 0 unspecified atom stereocenters. The van der Waals surface area contributed by atoms with E-state index >= 15 is 0 Å². The number of amides is 1. The smallest absolute Gasteiger partial charge is 0.248 e. The van der Waals surface area contributed by atoms with E-state index in [4.69, 9.17) is 5.73 Å². The van der Waals surface area contributed by atoms with E-state index in [0.717, 1.165) is 0 Å². The first-order valence-electron chi connectivity index (χ1n) is 5.72. The number of nitrogens with two attached hydrogens (primary N) is 1. The number of carbonyl (C=O) groups excluding carboxylic acids is 1. The van der Waals surface area contributed by atoms with Crippen LogP contribution in [-0.4, -0.2) is 44.8 Å². The second kappa shape index (κ2) is 5.58. The zero-order chi connectivity index (χ0) is 14.0. The number of piperazine rings is 1. The summed E-state index contributed by atoms with van der Waals surface area (Å²) in [4.78, 5) is 11.3. The molecular formula is C11H14BrN3O3S. The number of rotatable bonds is 3. The Hall–Kier alpha value is -0.960. The molecular weight excluding hydrogens is 334 g/mol. The first-order valence-corrected chi connectivity index (χ1v) is 7.96. The minimum atomic E-state index is -3.58. The summed E-state index contributed by atoms with van der Waals surface area (Å²) in [7, 11) is -3.58. The lowest BCUT2D eigenvalue weighted by atomic mass is 10.2. The SMILES string of the molecule is NC(=O)c1cc(Br)cc(S(=O)(=O)N2CCNCC2)c1. The summed E-state index contributed by atoms with van der Waals surface area (Å²) in [6, 6.07) is 4.29. The molecule has 1 aromatic carbocycles. The predicted octanol–water partition coefficient (Wildman–Crippen LogP) is 0.142. The fraction of sp³-hybridized carbons (Fsp3) is 0.364. The van der Waals surface area contributed by atoms with Gasteiger partial charge in [-0.05, 0) is 18.2 Å². The Bertz CT molecular complexity index is 597. The minimum Gasteiger partial charge on any atom is -0.366 e. The number of carbonyl (C=O) groups is 1. The maximum atomic E-state index is 12.4. The molecule has 0 radical (unpaired) electrons. The molecule has 1 amide bonds.